The second-order valence-corrected chi connectivity index (χ2v) is 3.44. The summed E-state index contributed by atoms with van der Waals surface area (Å²) in [5.41, 5.74) is 2.29. The topological polar surface area (TPSA) is 13.1 Å². The van der Waals surface area contributed by atoms with Crippen LogP contribution in [0.5, 0.6) is 0 Å². The molecule has 13 heavy (non-hydrogen) atoms. The first-order valence-electron chi connectivity index (χ1n) is 4.70. The third kappa shape index (κ3) is 1.46. The van der Waals surface area contributed by atoms with Gasteiger partial charge in [-0.15, -0.1) is 0 Å². The first-order valence-corrected chi connectivity index (χ1v) is 4.70. The lowest BCUT2D eigenvalue weighted by Gasteiger charge is -2.07. The fraction of sp³-hybridized carbons (Fsp3) is 0.333. The minimum atomic E-state index is 0.606. The molecule has 2 rings (SSSR count). The third-order valence-corrected chi connectivity index (χ3v) is 2.59. The molecule has 0 saturated heterocycles. The predicted molar refractivity (Wildman–Crippen MR) is 53.8 cm³/mol. The van der Waals surface area contributed by atoms with Crippen molar-refractivity contribution in [2.24, 2.45) is 0 Å². The molecule has 1 atom stereocenters. The van der Waals surface area contributed by atoms with Crippen LogP contribution in [0, 0.1) is 6.07 Å². The highest BCUT2D eigenvalue weighted by Crippen LogP contribution is 2.23. The van der Waals surface area contributed by atoms with Crippen molar-refractivity contribution in [2.45, 2.75) is 26.2 Å². The van der Waals surface area contributed by atoms with E-state index in [2.05, 4.69) is 38.1 Å². The normalized spacial score (nSPS) is 13.4. The summed E-state index contributed by atoms with van der Waals surface area (Å²) in [4.78, 5) is 0. The minimum absolute atomic E-state index is 0.606. The number of hydrogen-bond acceptors (Lipinski definition) is 1. The molecule has 0 aliphatic heterocycles. The Kier molecular flexibility index (Phi) is 2.09. The van der Waals surface area contributed by atoms with Gasteiger partial charge in [0.2, 0.25) is 0 Å². The zero-order chi connectivity index (χ0) is 9.26. The van der Waals surface area contributed by atoms with Crippen molar-refractivity contribution in [3.63, 3.8) is 0 Å². The summed E-state index contributed by atoms with van der Waals surface area (Å²) in [6.07, 6.45) is 2.78. The Balaban J connectivity index is 2.48. The lowest BCUT2D eigenvalue weighted by molar-refractivity contribution is 0.613. The molecule has 0 aliphatic rings. The van der Waals surface area contributed by atoms with E-state index >= 15 is 0 Å². The van der Waals surface area contributed by atoms with E-state index in [1.165, 1.54) is 5.56 Å². The maximum absolute atomic E-state index is 5.30. The van der Waals surface area contributed by atoms with Gasteiger partial charge < -0.3 is 4.42 Å². The first-order chi connectivity index (χ1) is 6.31. The minimum Gasteiger partial charge on any atom is -0.464 e. The van der Waals surface area contributed by atoms with E-state index in [9.17, 15) is 0 Å². The summed E-state index contributed by atoms with van der Waals surface area (Å²) in [6.45, 7) is 4.43. The summed E-state index contributed by atoms with van der Waals surface area (Å²) in [5, 5.41) is 1.06. The SMILES string of the molecule is CCC(C)c1ccc2[c]coc2c1. The zero-order valence-electron chi connectivity index (χ0n) is 8.00. The van der Waals surface area contributed by atoms with E-state index in [4.69, 9.17) is 4.42 Å². The van der Waals surface area contributed by atoms with Gasteiger partial charge in [0, 0.05) is 11.5 Å². The van der Waals surface area contributed by atoms with E-state index in [1.807, 2.05) is 0 Å². The van der Waals surface area contributed by atoms with Gasteiger partial charge in [-0.3, -0.25) is 0 Å². The van der Waals surface area contributed by atoms with Crippen LogP contribution in [0.1, 0.15) is 31.7 Å². The summed E-state index contributed by atoms with van der Waals surface area (Å²) >= 11 is 0. The molecule has 0 fully saturated rings. The van der Waals surface area contributed by atoms with Gasteiger partial charge in [-0.25, -0.2) is 0 Å². The second kappa shape index (κ2) is 3.25. The Morgan fingerprint density at radius 2 is 2.31 bits per heavy atom. The van der Waals surface area contributed by atoms with Crippen molar-refractivity contribution in [2.75, 3.05) is 0 Å². The first kappa shape index (κ1) is 8.36. The molecular weight excluding hydrogens is 160 g/mol. The van der Waals surface area contributed by atoms with Crippen molar-refractivity contribution in [1.82, 2.24) is 0 Å². The number of furan rings is 1. The average Bonchev–Trinajstić information content (AvgIpc) is 2.63. The van der Waals surface area contributed by atoms with Crippen LogP contribution >= 0.6 is 0 Å². The zero-order valence-corrected chi connectivity index (χ0v) is 8.00. The van der Waals surface area contributed by atoms with Crippen LogP contribution in [-0.4, -0.2) is 0 Å². The average molecular weight is 173 g/mol. The molecule has 0 saturated carbocycles. The van der Waals surface area contributed by atoms with E-state index in [-0.39, 0.29) is 0 Å². The molecule has 1 radical (unpaired) electrons. The van der Waals surface area contributed by atoms with Crippen LogP contribution in [-0.2, 0) is 0 Å². The van der Waals surface area contributed by atoms with Gasteiger partial charge in [0.05, 0.1) is 6.26 Å². The molecule has 0 aliphatic carbocycles. The van der Waals surface area contributed by atoms with Gasteiger partial charge in [-0.2, -0.15) is 0 Å². The molecule has 2 aromatic rings. The molecule has 1 nitrogen and oxygen atoms in total. The van der Waals surface area contributed by atoms with Crippen molar-refractivity contribution < 1.29 is 4.42 Å². The molecule has 1 heteroatoms. The van der Waals surface area contributed by atoms with Crippen LogP contribution < -0.4 is 0 Å². The fourth-order valence-corrected chi connectivity index (χ4v) is 1.45. The van der Waals surface area contributed by atoms with Crippen molar-refractivity contribution in [3.05, 3.63) is 36.1 Å². The van der Waals surface area contributed by atoms with E-state index in [0.29, 0.717) is 5.92 Å². The fourth-order valence-electron chi connectivity index (χ4n) is 1.45. The van der Waals surface area contributed by atoms with Gasteiger partial charge >= 0.3 is 0 Å². The van der Waals surface area contributed by atoms with Crippen molar-refractivity contribution in [1.29, 1.82) is 0 Å². The van der Waals surface area contributed by atoms with Gasteiger partial charge in [0.25, 0.3) is 0 Å². The summed E-state index contributed by atoms with van der Waals surface area (Å²) in [6, 6.07) is 9.37. The van der Waals surface area contributed by atoms with Gasteiger partial charge in [0.1, 0.15) is 5.58 Å². The Morgan fingerprint density at radius 1 is 1.46 bits per heavy atom. The number of fused-ring (bicyclic) bond motifs is 1. The van der Waals surface area contributed by atoms with Crippen LogP contribution in [0.15, 0.2) is 28.9 Å². The lowest BCUT2D eigenvalue weighted by atomic mass is 9.98. The van der Waals surface area contributed by atoms with E-state index in [0.717, 1.165) is 17.4 Å². The van der Waals surface area contributed by atoms with Crippen LogP contribution in [0.25, 0.3) is 11.0 Å². The van der Waals surface area contributed by atoms with Crippen molar-refractivity contribution >= 4 is 11.0 Å². The van der Waals surface area contributed by atoms with Gasteiger partial charge in [-0.05, 0) is 24.0 Å². The van der Waals surface area contributed by atoms with E-state index < -0.39 is 0 Å². The molecule has 1 heterocycles. The Bertz CT molecular complexity index is 400. The van der Waals surface area contributed by atoms with Gasteiger partial charge in [-0.1, -0.05) is 26.0 Å². The van der Waals surface area contributed by atoms with Crippen LogP contribution in [0.3, 0.4) is 0 Å². The van der Waals surface area contributed by atoms with Crippen LogP contribution in [0.2, 0.25) is 0 Å². The van der Waals surface area contributed by atoms with Gasteiger partial charge in [0.15, 0.2) is 0 Å². The summed E-state index contributed by atoms with van der Waals surface area (Å²) in [7, 11) is 0. The van der Waals surface area contributed by atoms with Crippen molar-refractivity contribution in [3.8, 4) is 0 Å². The molecule has 67 valence electrons. The third-order valence-electron chi connectivity index (χ3n) is 2.59. The molecule has 0 amide bonds. The summed E-state index contributed by atoms with van der Waals surface area (Å²) in [5.74, 6) is 0.606. The number of rotatable bonds is 2. The molecule has 1 aromatic heterocycles. The molecule has 0 N–H and O–H groups in total. The molecule has 1 unspecified atom stereocenters. The number of hydrogen-bond donors (Lipinski definition) is 0. The Hall–Kier alpha value is -1.24. The molecular formula is C12H13O. The highest BCUT2D eigenvalue weighted by Gasteiger charge is 2.04. The monoisotopic (exact) mass is 173 g/mol. The Labute approximate surface area is 78.4 Å². The van der Waals surface area contributed by atoms with Crippen LogP contribution in [0.4, 0.5) is 0 Å². The number of benzene rings is 1. The standard InChI is InChI=1S/C12H13O/c1-3-9(2)11-5-4-10-6-7-13-12(10)8-11/h4-5,7-9H,3H2,1-2H3. The maximum atomic E-state index is 5.30. The smallest absolute Gasteiger partial charge is 0.134 e. The second-order valence-electron chi connectivity index (χ2n) is 3.44. The molecule has 1 aromatic carbocycles. The highest BCUT2D eigenvalue weighted by atomic mass is 16.3. The maximum Gasteiger partial charge on any atom is 0.134 e. The predicted octanol–water partition coefficient (Wildman–Crippen LogP) is 3.75. The highest BCUT2D eigenvalue weighted by molar-refractivity contribution is 5.77. The van der Waals surface area contributed by atoms with E-state index in [1.54, 1.807) is 6.26 Å². The largest absolute Gasteiger partial charge is 0.464 e. The molecule has 0 spiro atoms. The lowest BCUT2D eigenvalue weighted by Crippen LogP contribution is -1.89. The Morgan fingerprint density at radius 3 is 3.08 bits per heavy atom. The molecule has 0 bridgehead atoms. The summed E-state index contributed by atoms with van der Waals surface area (Å²) < 4.78 is 5.30. The quantitative estimate of drug-likeness (QED) is 0.674.